The summed E-state index contributed by atoms with van der Waals surface area (Å²) < 4.78 is 15.5. The van der Waals surface area contributed by atoms with Gasteiger partial charge in [0.15, 0.2) is 0 Å². The van der Waals surface area contributed by atoms with Crippen molar-refractivity contribution < 1.29 is 9.18 Å². The molecule has 25 heavy (non-hydrogen) atoms. The highest BCUT2D eigenvalue weighted by Gasteiger charge is 2.23. The number of likely N-dealkylation sites (N-methyl/N-ethyl adjacent to an activating group) is 1. The maximum absolute atomic E-state index is 13.5. The summed E-state index contributed by atoms with van der Waals surface area (Å²) in [6.07, 6.45) is 4.44. The lowest BCUT2D eigenvalue weighted by atomic mass is 10.1. The zero-order chi connectivity index (χ0) is 17.8. The van der Waals surface area contributed by atoms with Crippen molar-refractivity contribution in [3.8, 4) is 0 Å². The number of benzene rings is 1. The van der Waals surface area contributed by atoms with Gasteiger partial charge in [-0.2, -0.15) is 0 Å². The number of hydrogen-bond acceptors (Lipinski definition) is 3. The maximum Gasteiger partial charge on any atom is 0.241 e. The van der Waals surface area contributed by atoms with Crippen LogP contribution >= 0.6 is 0 Å². The van der Waals surface area contributed by atoms with Crippen LogP contribution in [0.5, 0.6) is 0 Å². The number of nitrogens with one attached hydrogen (secondary N) is 1. The molecule has 5 nitrogen and oxygen atoms in total. The molecule has 0 unspecified atom stereocenters. The number of fused-ring (bicyclic) bond motifs is 1. The van der Waals surface area contributed by atoms with Crippen LogP contribution in [0.25, 0.3) is 5.65 Å². The summed E-state index contributed by atoms with van der Waals surface area (Å²) >= 11 is 0. The standard InChI is InChI=1S/C19H21FN4O/c1-23(2)18(14-6-5-7-15(20)12-14)19(25)21-10-9-16-13-22-17-8-3-4-11-24(16)17/h3-8,11-13,18H,9-10H2,1-2H3,(H,21,25)/t18-/m0/s1. The number of carbonyl (C=O) groups excluding carboxylic acids is 1. The van der Waals surface area contributed by atoms with Crippen molar-refractivity contribution in [1.82, 2.24) is 19.6 Å². The Bertz CT molecular complexity index is 874. The first kappa shape index (κ1) is 17.1. The summed E-state index contributed by atoms with van der Waals surface area (Å²) in [5.41, 5.74) is 2.55. The minimum absolute atomic E-state index is 0.149. The van der Waals surface area contributed by atoms with E-state index in [9.17, 15) is 9.18 Å². The molecular formula is C19H21FN4O. The molecule has 1 amide bonds. The number of rotatable bonds is 6. The van der Waals surface area contributed by atoms with Crippen LogP contribution in [0, 0.1) is 5.82 Å². The predicted octanol–water partition coefficient (Wildman–Crippen LogP) is 2.44. The molecule has 0 aliphatic carbocycles. The molecular weight excluding hydrogens is 319 g/mol. The lowest BCUT2D eigenvalue weighted by molar-refractivity contribution is -0.125. The van der Waals surface area contributed by atoms with E-state index in [4.69, 9.17) is 0 Å². The van der Waals surface area contributed by atoms with Gasteiger partial charge in [0, 0.05) is 31.1 Å². The molecule has 2 aromatic heterocycles. The van der Waals surface area contributed by atoms with Gasteiger partial charge in [-0.3, -0.25) is 9.69 Å². The molecule has 0 bridgehead atoms. The average molecular weight is 340 g/mol. The monoisotopic (exact) mass is 340 g/mol. The van der Waals surface area contributed by atoms with Crippen molar-refractivity contribution in [3.05, 3.63) is 71.9 Å². The Hall–Kier alpha value is -2.73. The Morgan fingerprint density at radius 3 is 2.88 bits per heavy atom. The molecule has 0 radical (unpaired) electrons. The van der Waals surface area contributed by atoms with Crippen molar-refractivity contribution in [2.24, 2.45) is 0 Å². The van der Waals surface area contributed by atoms with E-state index < -0.39 is 6.04 Å². The molecule has 3 aromatic rings. The summed E-state index contributed by atoms with van der Waals surface area (Å²) in [6, 6.07) is 11.4. The second-order valence-electron chi connectivity index (χ2n) is 6.14. The first-order valence-corrected chi connectivity index (χ1v) is 8.17. The van der Waals surface area contributed by atoms with Crippen LogP contribution in [0.1, 0.15) is 17.3 Å². The molecule has 0 spiro atoms. The number of amides is 1. The van der Waals surface area contributed by atoms with Crippen molar-refractivity contribution in [3.63, 3.8) is 0 Å². The van der Waals surface area contributed by atoms with Gasteiger partial charge in [-0.05, 0) is 43.9 Å². The molecule has 3 rings (SSSR count). The minimum Gasteiger partial charge on any atom is -0.354 e. The van der Waals surface area contributed by atoms with Gasteiger partial charge in [-0.25, -0.2) is 9.37 Å². The van der Waals surface area contributed by atoms with Crippen LogP contribution in [0.4, 0.5) is 4.39 Å². The topological polar surface area (TPSA) is 49.6 Å². The minimum atomic E-state index is -0.530. The van der Waals surface area contributed by atoms with E-state index in [2.05, 4.69) is 10.3 Å². The lowest BCUT2D eigenvalue weighted by Gasteiger charge is -2.23. The molecule has 0 saturated carbocycles. The Labute approximate surface area is 146 Å². The van der Waals surface area contributed by atoms with Crippen molar-refractivity contribution >= 4 is 11.6 Å². The Morgan fingerprint density at radius 1 is 1.28 bits per heavy atom. The van der Waals surface area contributed by atoms with Crippen LogP contribution in [-0.4, -0.2) is 40.8 Å². The van der Waals surface area contributed by atoms with E-state index in [1.54, 1.807) is 31.1 Å². The maximum atomic E-state index is 13.5. The van der Waals surface area contributed by atoms with Crippen LogP contribution in [-0.2, 0) is 11.2 Å². The third kappa shape index (κ3) is 3.85. The fourth-order valence-electron chi connectivity index (χ4n) is 2.94. The van der Waals surface area contributed by atoms with Crippen molar-refractivity contribution in [2.75, 3.05) is 20.6 Å². The van der Waals surface area contributed by atoms with Gasteiger partial charge in [0.1, 0.15) is 17.5 Å². The molecule has 0 fully saturated rings. The Kier molecular flexibility index (Phi) is 5.09. The average Bonchev–Trinajstić information content (AvgIpc) is 2.98. The molecule has 0 aliphatic rings. The molecule has 130 valence electrons. The van der Waals surface area contributed by atoms with Gasteiger partial charge in [-0.1, -0.05) is 18.2 Å². The smallest absolute Gasteiger partial charge is 0.241 e. The van der Waals surface area contributed by atoms with E-state index >= 15 is 0 Å². The number of nitrogens with zero attached hydrogens (tertiary/aromatic N) is 3. The van der Waals surface area contributed by atoms with Gasteiger partial charge in [0.05, 0.1) is 0 Å². The number of carbonyl (C=O) groups is 1. The second-order valence-corrected chi connectivity index (χ2v) is 6.14. The van der Waals surface area contributed by atoms with Crippen LogP contribution in [0.2, 0.25) is 0 Å². The van der Waals surface area contributed by atoms with Gasteiger partial charge >= 0.3 is 0 Å². The molecule has 1 aromatic carbocycles. The van der Waals surface area contributed by atoms with E-state index in [0.29, 0.717) is 18.5 Å². The number of hydrogen-bond donors (Lipinski definition) is 1. The molecule has 6 heteroatoms. The first-order chi connectivity index (χ1) is 12.1. The van der Waals surface area contributed by atoms with Gasteiger partial charge < -0.3 is 9.72 Å². The highest BCUT2D eigenvalue weighted by molar-refractivity contribution is 5.83. The quantitative estimate of drug-likeness (QED) is 0.750. The molecule has 1 atom stereocenters. The van der Waals surface area contributed by atoms with Gasteiger partial charge in [0.2, 0.25) is 5.91 Å². The van der Waals surface area contributed by atoms with Crippen LogP contribution in [0.15, 0.2) is 54.9 Å². The molecule has 0 saturated heterocycles. The van der Waals surface area contributed by atoms with Gasteiger partial charge in [-0.15, -0.1) is 0 Å². The number of imidazole rings is 1. The molecule has 0 aliphatic heterocycles. The fourth-order valence-corrected chi connectivity index (χ4v) is 2.94. The third-order valence-electron chi connectivity index (χ3n) is 4.10. The zero-order valence-corrected chi connectivity index (χ0v) is 14.3. The third-order valence-corrected chi connectivity index (χ3v) is 4.10. The summed E-state index contributed by atoms with van der Waals surface area (Å²) in [7, 11) is 3.61. The summed E-state index contributed by atoms with van der Waals surface area (Å²) in [6.45, 7) is 0.487. The van der Waals surface area contributed by atoms with E-state index in [0.717, 1.165) is 11.3 Å². The summed E-state index contributed by atoms with van der Waals surface area (Å²) in [5.74, 6) is -0.493. The van der Waals surface area contributed by atoms with E-state index in [1.807, 2.05) is 35.0 Å². The molecule has 2 heterocycles. The Morgan fingerprint density at radius 2 is 2.12 bits per heavy atom. The summed E-state index contributed by atoms with van der Waals surface area (Å²) in [4.78, 5) is 18.7. The summed E-state index contributed by atoms with van der Waals surface area (Å²) in [5, 5.41) is 2.94. The number of aromatic nitrogens is 2. The largest absolute Gasteiger partial charge is 0.354 e. The fraction of sp³-hybridized carbons (Fsp3) is 0.263. The highest BCUT2D eigenvalue weighted by atomic mass is 19.1. The van der Waals surface area contributed by atoms with Gasteiger partial charge in [0.25, 0.3) is 0 Å². The Balaban J connectivity index is 1.66. The van der Waals surface area contributed by atoms with E-state index in [1.165, 1.54) is 12.1 Å². The highest BCUT2D eigenvalue weighted by Crippen LogP contribution is 2.19. The second kappa shape index (κ2) is 7.44. The first-order valence-electron chi connectivity index (χ1n) is 8.17. The lowest BCUT2D eigenvalue weighted by Crippen LogP contribution is -2.38. The number of pyridine rings is 1. The van der Waals surface area contributed by atoms with E-state index in [-0.39, 0.29) is 11.7 Å². The predicted molar refractivity (Wildman–Crippen MR) is 94.7 cm³/mol. The van der Waals surface area contributed by atoms with Crippen LogP contribution < -0.4 is 5.32 Å². The van der Waals surface area contributed by atoms with Crippen LogP contribution in [0.3, 0.4) is 0 Å². The SMILES string of the molecule is CN(C)[C@H](C(=O)NCCc1cnc2ccccn12)c1cccc(F)c1. The van der Waals surface area contributed by atoms with Crippen molar-refractivity contribution in [1.29, 1.82) is 0 Å². The normalized spacial score (nSPS) is 12.5. The number of halogens is 1. The molecule has 1 N–H and O–H groups in total. The van der Waals surface area contributed by atoms with Crippen molar-refractivity contribution in [2.45, 2.75) is 12.5 Å². The zero-order valence-electron chi connectivity index (χ0n) is 14.3.